The summed E-state index contributed by atoms with van der Waals surface area (Å²) in [5, 5.41) is 17.8. The number of benzene rings is 1. The Bertz CT molecular complexity index is 579. The first-order chi connectivity index (χ1) is 7.93. The molecule has 1 aliphatic rings. The molecule has 0 radical (unpaired) electrons. The van der Waals surface area contributed by atoms with Gasteiger partial charge in [-0.3, -0.25) is 19.8 Å². The van der Waals surface area contributed by atoms with Gasteiger partial charge in [0.2, 0.25) is 0 Å². The average molecular weight is 255 g/mol. The minimum Gasteiger partial charge on any atom is -0.288 e. The smallest absolute Gasteiger partial charge is 0.269 e. The number of nitro groups is 1. The van der Waals surface area contributed by atoms with Crippen LogP contribution in [-0.4, -0.2) is 30.0 Å². The van der Waals surface area contributed by atoms with Crippen LogP contribution in [0.15, 0.2) is 29.2 Å². The van der Waals surface area contributed by atoms with E-state index >= 15 is 0 Å². The molecule has 1 aromatic carbocycles. The Morgan fingerprint density at radius 1 is 1.29 bits per heavy atom. The van der Waals surface area contributed by atoms with E-state index in [9.17, 15) is 18.5 Å². The molecule has 0 bridgehead atoms. The summed E-state index contributed by atoms with van der Waals surface area (Å²) in [5.41, 5.74) is -0.164. The minimum atomic E-state index is -3.71. The summed E-state index contributed by atoms with van der Waals surface area (Å²) in [5.74, 6) is 0.0448. The molecule has 90 valence electrons. The van der Waals surface area contributed by atoms with E-state index in [1.165, 1.54) is 12.1 Å². The summed E-state index contributed by atoms with van der Waals surface area (Å²) in [6, 6.07) is 4.63. The fourth-order valence-electron chi connectivity index (χ4n) is 1.45. The van der Waals surface area contributed by atoms with Crippen molar-refractivity contribution in [2.45, 2.75) is 11.3 Å². The lowest BCUT2D eigenvalue weighted by Gasteiger charge is -2.32. The zero-order valence-electron chi connectivity index (χ0n) is 8.66. The Kier molecular flexibility index (Phi) is 2.58. The lowest BCUT2D eigenvalue weighted by molar-refractivity contribution is -0.384. The zero-order chi connectivity index (χ0) is 12.6. The largest absolute Gasteiger partial charge is 0.288 e. The van der Waals surface area contributed by atoms with E-state index in [1.54, 1.807) is 0 Å². The SMILES string of the molecule is N=C1CCN1S(=O)(=O)c1ccc([N+](=O)[O-])cc1. The first-order valence-electron chi connectivity index (χ1n) is 4.77. The lowest BCUT2D eigenvalue weighted by atomic mass is 10.3. The topological polar surface area (TPSA) is 104 Å². The van der Waals surface area contributed by atoms with Gasteiger partial charge < -0.3 is 0 Å². The number of nitro benzene ring substituents is 1. The van der Waals surface area contributed by atoms with Crippen LogP contribution in [-0.2, 0) is 10.0 Å². The fourth-order valence-corrected chi connectivity index (χ4v) is 2.89. The van der Waals surface area contributed by atoms with E-state index in [2.05, 4.69) is 0 Å². The molecule has 0 saturated carbocycles. The van der Waals surface area contributed by atoms with Crippen LogP contribution in [0.2, 0.25) is 0 Å². The minimum absolute atomic E-state index is 0.0347. The Labute approximate surface area is 97.4 Å². The predicted molar refractivity (Wildman–Crippen MR) is 59.3 cm³/mol. The molecule has 1 N–H and O–H groups in total. The van der Waals surface area contributed by atoms with E-state index in [4.69, 9.17) is 5.41 Å². The van der Waals surface area contributed by atoms with Crippen LogP contribution in [0, 0.1) is 15.5 Å². The maximum atomic E-state index is 11.9. The van der Waals surface area contributed by atoms with Gasteiger partial charge in [0.25, 0.3) is 15.7 Å². The first kappa shape index (κ1) is 11.5. The highest BCUT2D eigenvalue weighted by Crippen LogP contribution is 2.24. The second-order valence-corrected chi connectivity index (χ2v) is 5.39. The van der Waals surface area contributed by atoms with Crippen molar-refractivity contribution in [1.82, 2.24) is 4.31 Å². The summed E-state index contributed by atoms with van der Waals surface area (Å²) >= 11 is 0. The molecule has 17 heavy (non-hydrogen) atoms. The van der Waals surface area contributed by atoms with E-state index < -0.39 is 14.9 Å². The average Bonchev–Trinajstić information content (AvgIpc) is 2.26. The van der Waals surface area contributed by atoms with Crippen LogP contribution in [0.5, 0.6) is 0 Å². The van der Waals surface area contributed by atoms with Crippen molar-refractivity contribution in [2.75, 3.05) is 6.54 Å². The van der Waals surface area contributed by atoms with Crippen molar-refractivity contribution in [3.63, 3.8) is 0 Å². The molecular formula is C9H9N3O4S. The third kappa shape index (κ3) is 1.86. The monoisotopic (exact) mass is 255 g/mol. The van der Waals surface area contributed by atoms with Crippen molar-refractivity contribution < 1.29 is 13.3 Å². The standard InChI is InChI=1S/C9H9N3O4S/c10-9-5-6-11(9)17(15,16)8-3-1-7(2-4-8)12(13)14/h1-4,10H,5-6H2. The maximum Gasteiger partial charge on any atom is 0.269 e. The van der Waals surface area contributed by atoms with Crippen LogP contribution in [0.25, 0.3) is 0 Å². The van der Waals surface area contributed by atoms with E-state index in [0.717, 1.165) is 16.4 Å². The van der Waals surface area contributed by atoms with Crippen LogP contribution in [0.3, 0.4) is 0 Å². The third-order valence-electron chi connectivity index (χ3n) is 2.49. The van der Waals surface area contributed by atoms with Crippen molar-refractivity contribution in [3.05, 3.63) is 34.4 Å². The van der Waals surface area contributed by atoms with Gasteiger partial charge in [-0.05, 0) is 12.1 Å². The molecule has 0 atom stereocenters. The van der Waals surface area contributed by atoms with Gasteiger partial charge in [0.1, 0.15) is 5.84 Å². The van der Waals surface area contributed by atoms with Gasteiger partial charge in [0.15, 0.2) is 0 Å². The molecule has 0 spiro atoms. The summed E-state index contributed by atoms with van der Waals surface area (Å²) in [7, 11) is -3.71. The number of non-ortho nitro benzene ring substituents is 1. The second kappa shape index (κ2) is 3.81. The maximum absolute atomic E-state index is 11.9. The van der Waals surface area contributed by atoms with Crippen LogP contribution >= 0.6 is 0 Å². The number of sulfonamides is 1. The quantitative estimate of drug-likeness (QED) is 0.641. The normalized spacial score (nSPS) is 15.5. The molecular weight excluding hydrogens is 246 g/mol. The van der Waals surface area contributed by atoms with E-state index in [-0.39, 0.29) is 23.0 Å². The van der Waals surface area contributed by atoms with Gasteiger partial charge in [0.05, 0.1) is 9.82 Å². The summed E-state index contributed by atoms with van der Waals surface area (Å²) in [6.07, 6.45) is 0.437. The predicted octanol–water partition coefficient (Wildman–Crippen LogP) is 0.966. The molecule has 8 heteroatoms. The number of hydrogen-bond acceptors (Lipinski definition) is 5. The molecule has 1 aliphatic heterocycles. The molecule has 2 rings (SSSR count). The molecule has 1 heterocycles. The van der Waals surface area contributed by atoms with Crippen molar-refractivity contribution >= 4 is 21.5 Å². The number of rotatable bonds is 3. The Morgan fingerprint density at radius 2 is 1.88 bits per heavy atom. The van der Waals surface area contributed by atoms with Gasteiger partial charge in [-0.25, -0.2) is 8.42 Å². The summed E-state index contributed by atoms with van der Waals surface area (Å²) in [4.78, 5) is 9.80. The first-order valence-corrected chi connectivity index (χ1v) is 6.21. The third-order valence-corrected chi connectivity index (χ3v) is 4.34. The highest BCUT2D eigenvalue weighted by atomic mass is 32.2. The van der Waals surface area contributed by atoms with Crippen LogP contribution in [0.4, 0.5) is 5.69 Å². The van der Waals surface area contributed by atoms with Crippen LogP contribution in [0.1, 0.15) is 6.42 Å². The molecule has 1 aromatic rings. The van der Waals surface area contributed by atoms with Gasteiger partial charge in [-0.15, -0.1) is 0 Å². The number of amidine groups is 1. The van der Waals surface area contributed by atoms with Gasteiger partial charge in [-0.1, -0.05) is 0 Å². The Hall–Kier alpha value is -1.96. The highest BCUT2D eigenvalue weighted by molar-refractivity contribution is 7.89. The molecule has 1 fully saturated rings. The van der Waals surface area contributed by atoms with Gasteiger partial charge in [0, 0.05) is 25.1 Å². The Morgan fingerprint density at radius 3 is 2.24 bits per heavy atom. The second-order valence-electron chi connectivity index (χ2n) is 3.52. The number of hydrogen-bond donors (Lipinski definition) is 1. The zero-order valence-corrected chi connectivity index (χ0v) is 9.48. The van der Waals surface area contributed by atoms with Gasteiger partial charge >= 0.3 is 0 Å². The van der Waals surface area contributed by atoms with Crippen molar-refractivity contribution in [2.24, 2.45) is 0 Å². The van der Waals surface area contributed by atoms with Crippen molar-refractivity contribution in [1.29, 1.82) is 5.41 Å². The molecule has 0 unspecified atom stereocenters. The van der Waals surface area contributed by atoms with Gasteiger partial charge in [-0.2, -0.15) is 0 Å². The Balaban J connectivity index is 2.34. The van der Waals surface area contributed by atoms with E-state index in [0.29, 0.717) is 6.42 Å². The molecule has 0 aliphatic carbocycles. The lowest BCUT2D eigenvalue weighted by Crippen LogP contribution is -2.46. The van der Waals surface area contributed by atoms with E-state index in [1.807, 2.05) is 0 Å². The highest BCUT2D eigenvalue weighted by Gasteiger charge is 2.33. The summed E-state index contributed by atoms with van der Waals surface area (Å²) in [6.45, 7) is 0.290. The number of nitrogens with zero attached hydrogens (tertiary/aromatic N) is 2. The van der Waals surface area contributed by atoms with Crippen LogP contribution < -0.4 is 0 Å². The molecule has 1 saturated heterocycles. The molecule has 0 aromatic heterocycles. The molecule has 7 nitrogen and oxygen atoms in total. The van der Waals surface area contributed by atoms with Crippen molar-refractivity contribution in [3.8, 4) is 0 Å². The fraction of sp³-hybridized carbons (Fsp3) is 0.222. The molecule has 0 amide bonds. The number of nitrogens with one attached hydrogen (secondary N) is 1. The summed E-state index contributed by atoms with van der Waals surface area (Å²) < 4.78 is 24.8.